The third-order valence-electron chi connectivity index (χ3n) is 10.3. The fourth-order valence-electron chi connectivity index (χ4n) is 7.20. The molecule has 8 amide bonds. The number of carbonyl (C=O) groups excluding carboxylic acids is 8. The number of nitrogens with one attached hydrogen (secondary N) is 4. The van der Waals surface area contributed by atoms with Crippen molar-refractivity contribution in [1.29, 1.82) is 0 Å². The third kappa shape index (κ3) is 8.51. The van der Waals surface area contributed by atoms with Crippen molar-refractivity contribution in [2.45, 2.75) is 44.2 Å². The number of rotatable bonds is 14. The Labute approximate surface area is 336 Å². The molecule has 1 aromatic heterocycles. The average molecular weight is 806 g/mol. The minimum absolute atomic E-state index is 0.00240. The first kappa shape index (κ1) is 39.8. The summed E-state index contributed by atoms with van der Waals surface area (Å²) >= 11 is 0. The number of likely N-dealkylation sites (N-methyl/N-ethyl adjacent to an activating group) is 1. The van der Waals surface area contributed by atoms with E-state index >= 15 is 0 Å². The van der Waals surface area contributed by atoms with Gasteiger partial charge in [0.05, 0.1) is 22.7 Å². The molecule has 2 aliphatic heterocycles. The van der Waals surface area contributed by atoms with Gasteiger partial charge in [-0.3, -0.25) is 48.6 Å². The lowest BCUT2D eigenvalue weighted by atomic mass is 10.0. The van der Waals surface area contributed by atoms with Crippen LogP contribution in [0.1, 0.15) is 84.4 Å². The molecule has 1 fully saturated rings. The minimum Gasteiger partial charge on any atom is -0.507 e. The molecule has 2 atom stereocenters. The van der Waals surface area contributed by atoms with E-state index < -0.39 is 59.9 Å². The van der Waals surface area contributed by atoms with Crippen LogP contribution in [0.25, 0.3) is 11.3 Å². The number of aryl methyl sites for hydroxylation is 1. The van der Waals surface area contributed by atoms with E-state index in [1.165, 1.54) is 53.9 Å². The molecule has 1 aliphatic carbocycles. The molecule has 7 rings (SSSR count). The molecular formula is C41H39N7O11. The zero-order valence-electron chi connectivity index (χ0n) is 31.7. The van der Waals surface area contributed by atoms with Crippen LogP contribution in [0.5, 0.6) is 11.5 Å². The highest BCUT2D eigenvalue weighted by atomic mass is 16.5. The van der Waals surface area contributed by atoms with Gasteiger partial charge in [0.15, 0.2) is 18.1 Å². The quantitative estimate of drug-likeness (QED) is 0.114. The molecular weight excluding hydrogens is 766 g/mol. The van der Waals surface area contributed by atoms with E-state index in [9.17, 15) is 43.5 Å². The van der Waals surface area contributed by atoms with Crippen LogP contribution in [0.4, 0.5) is 0 Å². The molecule has 18 heteroatoms. The predicted octanol–water partition coefficient (Wildman–Crippen LogP) is 1.64. The first-order chi connectivity index (χ1) is 28.4. The molecule has 1 saturated heterocycles. The summed E-state index contributed by atoms with van der Waals surface area (Å²) in [6.45, 7) is -0.413. The lowest BCUT2D eigenvalue weighted by Gasteiger charge is -2.27. The summed E-state index contributed by atoms with van der Waals surface area (Å²) in [6, 6.07) is 16.7. The fourth-order valence-corrected chi connectivity index (χ4v) is 7.20. The van der Waals surface area contributed by atoms with Crippen molar-refractivity contribution in [3.05, 3.63) is 100 Å². The molecule has 3 heterocycles. The van der Waals surface area contributed by atoms with E-state index in [1.807, 2.05) is 24.3 Å². The average Bonchev–Trinajstić information content (AvgIpc) is 3.94. The minimum atomic E-state index is -1.15. The first-order valence-corrected chi connectivity index (χ1v) is 18.8. The number of hydrogen-bond acceptors (Lipinski definition) is 12. The Hall–Kier alpha value is -7.37. The van der Waals surface area contributed by atoms with E-state index in [-0.39, 0.29) is 84.6 Å². The van der Waals surface area contributed by atoms with Crippen molar-refractivity contribution in [3.8, 4) is 22.8 Å². The molecule has 0 saturated carbocycles. The Morgan fingerprint density at radius 1 is 0.932 bits per heavy atom. The molecule has 304 valence electrons. The zero-order chi connectivity index (χ0) is 41.8. The first-order valence-electron chi connectivity index (χ1n) is 18.8. The molecule has 59 heavy (non-hydrogen) atoms. The molecule has 3 aromatic carbocycles. The number of nitrogens with zero attached hydrogens (tertiary/aromatic N) is 3. The number of fused-ring (bicyclic) bond motifs is 2. The standard InChI is InChI=1S/C41H39N7O11/c1-47(39(55)25-11-9-23(19-30(25)49)32-20-28(46-59-32)37(53)44-27-12-10-22-5-2-3-6-24(22)27)18-17-43-33(50)15-16-42-35(52)21-58-31-8-4-7-26-36(31)41(57)48(40(26)56)29-13-14-34(51)45-38(29)54/h2-9,11,19-20,27,29,49H,10,12-18,21H2,1H3,(H,42,52)(H,43,50)(H,44,53)(H,45,51,54)/t27-,29?/m1/s1. The number of amides is 8. The maximum atomic E-state index is 13.2. The van der Waals surface area contributed by atoms with Crippen LogP contribution in [-0.2, 0) is 25.6 Å². The third-order valence-corrected chi connectivity index (χ3v) is 10.3. The molecule has 5 N–H and O–H groups in total. The summed E-state index contributed by atoms with van der Waals surface area (Å²) < 4.78 is 10.9. The lowest BCUT2D eigenvalue weighted by molar-refractivity contribution is -0.136. The summed E-state index contributed by atoms with van der Waals surface area (Å²) in [5.74, 6) is -4.79. The number of hydrogen-bond donors (Lipinski definition) is 5. The number of ether oxygens (including phenoxy) is 1. The van der Waals surface area contributed by atoms with Gasteiger partial charge < -0.3 is 35.2 Å². The van der Waals surface area contributed by atoms with Crippen molar-refractivity contribution >= 4 is 47.3 Å². The van der Waals surface area contributed by atoms with Gasteiger partial charge in [-0.05, 0) is 54.7 Å². The lowest BCUT2D eigenvalue weighted by Crippen LogP contribution is -2.54. The normalized spacial score (nSPS) is 16.9. The van der Waals surface area contributed by atoms with Crippen molar-refractivity contribution in [1.82, 2.24) is 36.2 Å². The highest BCUT2D eigenvalue weighted by Gasteiger charge is 2.46. The zero-order valence-corrected chi connectivity index (χ0v) is 31.7. The smallest absolute Gasteiger partial charge is 0.273 e. The van der Waals surface area contributed by atoms with Crippen molar-refractivity contribution in [2.75, 3.05) is 33.3 Å². The number of aromatic nitrogens is 1. The highest BCUT2D eigenvalue weighted by molar-refractivity contribution is 6.24. The van der Waals surface area contributed by atoms with Crippen LogP contribution in [0, 0.1) is 0 Å². The predicted molar refractivity (Wildman–Crippen MR) is 205 cm³/mol. The summed E-state index contributed by atoms with van der Waals surface area (Å²) in [5.41, 5.74) is 2.66. The topological polar surface area (TPSA) is 247 Å². The van der Waals surface area contributed by atoms with Crippen LogP contribution in [-0.4, -0.2) is 107 Å². The van der Waals surface area contributed by atoms with Crippen LogP contribution >= 0.6 is 0 Å². The highest BCUT2D eigenvalue weighted by Crippen LogP contribution is 2.34. The second-order valence-electron chi connectivity index (χ2n) is 14.2. The number of imide groups is 2. The molecule has 4 aromatic rings. The van der Waals surface area contributed by atoms with E-state index in [2.05, 4.69) is 26.4 Å². The van der Waals surface area contributed by atoms with Gasteiger partial charge in [0.2, 0.25) is 17.7 Å². The second kappa shape index (κ2) is 17.0. The van der Waals surface area contributed by atoms with Gasteiger partial charge in [0, 0.05) is 51.2 Å². The number of carbonyl (C=O) groups is 8. The molecule has 1 unspecified atom stereocenters. The van der Waals surface area contributed by atoms with Gasteiger partial charge in [-0.15, -0.1) is 0 Å². The van der Waals surface area contributed by atoms with Gasteiger partial charge in [-0.25, -0.2) is 0 Å². The van der Waals surface area contributed by atoms with Crippen LogP contribution in [0.15, 0.2) is 71.3 Å². The van der Waals surface area contributed by atoms with E-state index in [0.29, 0.717) is 5.56 Å². The number of aromatic hydroxyl groups is 1. The van der Waals surface area contributed by atoms with Crippen molar-refractivity contribution in [2.24, 2.45) is 0 Å². The number of phenolic OH excluding ortho intramolecular Hbond substituents is 1. The van der Waals surface area contributed by atoms with Crippen molar-refractivity contribution in [3.63, 3.8) is 0 Å². The molecule has 18 nitrogen and oxygen atoms in total. The Kier molecular flexibility index (Phi) is 11.5. The van der Waals surface area contributed by atoms with Gasteiger partial charge in [-0.2, -0.15) is 0 Å². The SMILES string of the molecule is CN(CCNC(=O)CCNC(=O)COc1cccc2c1C(=O)N(C1CCC(=O)NC1=O)C2=O)C(=O)c1ccc(-c2cc(C(=O)N[C@@H]3CCc4ccccc43)no2)cc1O. The monoisotopic (exact) mass is 805 g/mol. The number of benzene rings is 3. The van der Waals surface area contributed by atoms with Gasteiger partial charge >= 0.3 is 0 Å². The molecule has 0 spiro atoms. The summed E-state index contributed by atoms with van der Waals surface area (Å²) in [7, 11) is 1.50. The molecule has 3 aliphatic rings. The van der Waals surface area contributed by atoms with Gasteiger partial charge in [0.1, 0.15) is 17.5 Å². The molecule has 0 radical (unpaired) electrons. The Balaban J connectivity index is 0.822. The van der Waals surface area contributed by atoms with Gasteiger partial charge in [-0.1, -0.05) is 41.6 Å². The van der Waals surface area contributed by atoms with E-state index in [0.717, 1.165) is 23.3 Å². The maximum absolute atomic E-state index is 13.2. The largest absolute Gasteiger partial charge is 0.507 e. The van der Waals surface area contributed by atoms with Crippen LogP contribution in [0.2, 0.25) is 0 Å². The molecule has 0 bridgehead atoms. The number of phenols is 1. The second-order valence-corrected chi connectivity index (χ2v) is 14.2. The Bertz CT molecular complexity index is 2390. The van der Waals surface area contributed by atoms with E-state index in [1.54, 1.807) is 6.07 Å². The Morgan fingerprint density at radius 3 is 2.53 bits per heavy atom. The van der Waals surface area contributed by atoms with E-state index in [4.69, 9.17) is 9.26 Å². The van der Waals surface area contributed by atoms with Gasteiger partial charge in [0.25, 0.3) is 29.5 Å². The Morgan fingerprint density at radius 2 is 1.73 bits per heavy atom. The number of piperidine rings is 1. The summed E-state index contributed by atoms with van der Waals surface area (Å²) in [5, 5.41) is 24.9. The van der Waals surface area contributed by atoms with Crippen LogP contribution in [0.3, 0.4) is 0 Å². The van der Waals surface area contributed by atoms with Crippen molar-refractivity contribution < 1.29 is 52.7 Å². The fraction of sp³-hybridized carbons (Fsp3) is 0.293. The van der Waals surface area contributed by atoms with Crippen LogP contribution < -0.4 is 26.0 Å². The summed E-state index contributed by atoms with van der Waals surface area (Å²) in [4.78, 5) is 103. The maximum Gasteiger partial charge on any atom is 0.273 e. The summed E-state index contributed by atoms with van der Waals surface area (Å²) in [6.07, 6.45) is 1.52.